The largest absolute Gasteiger partial charge is 0.361 e. The Labute approximate surface area is 128 Å². The zero-order valence-electron chi connectivity index (χ0n) is 12.0. The van der Waals surface area contributed by atoms with Crippen LogP contribution >= 0.6 is 0 Å². The smallest absolute Gasteiger partial charge is 0.237 e. The molecule has 5 nitrogen and oxygen atoms in total. The van der Waals surface area contributed by atoms with E-state index >= 15 is 0 Å². The number of halogens is 2. The van der Waals surface area contributed by atoms with Crippen molar-refractivity contribution in [3.8, 4) is 0 Å². The molecular weight excluding hydrogens is 314 g/mol. The molecular formula is C14H14F2N2O3S. The third-order valence-electron chi connectivity index (χ3n) is 2.98. The molecule has 0 saturated heterocycles. The van der Waals surface area contributed by atoms with Crippen molar-refractivity contribution in [3.63, 3.8) is 0 Å². The van der Waals surface area contributed by atoms with Crippen LogP contribution in [0.2, 0.25) is 0 Å². The maximum Gasteiger partial charge on any atom is 0.237 e. The Morgan fingerprint density at radius 1 is 1.36 bits per heavy atom. The van der Waals surface area contributed by atoms with Crippen LogP contribution in [0.3, 0.4) is 0 Å². The summed E-state index contributed by atoms with van der Waals surface area (Å²) in [6.07, 6.45) is 0. The van der Waals surface area contributed by atoms with E-state index in [4.69, 9.17) is 4.52 Å². The second-order valence-electron chi connectivity index (χ2n) is 4.70. The van der Waals surface area contributed by atoms with Crippen LogP contribution in [0.25, 0.3) is 0 Å². The van der Waals surface area contributed by atoms with E-state index in [1.165, 1.54) is 0 Å². The predicted octanol–water partition coefficient (Wildman–Crippen LogP) is 2.46. The van der Waals surface area contributed by atoms with E-state index in [-0.39, 0.29) is 17.2 Å². The SMILES string of the molecule is Cc1noc(C)c1CS(=O)CC(=O)Nc1ccc(F)cc1F. The van der Waals surface area contributed by atoms with Gasteiger partial charge in [-0.3, -0.25) is 9.00 Å². The van der Waals surface area contributed by atoms with Crippen molar-refractivity contribution in [2.24, 2.45) is 0 Å². The number of nitrogens with one attached hydrogen (secondary N) is 1. The molecule has 1 amide bonds. The van der Waals surface area contributed by atoms with Crippen LogP contribution < -0.4 is 5.32 Å². The van der Waals surface area contributed by atoms with Crippen LogP contribution in [-0.2, 0) is 21.3 Å². The van der Waals surface area contributed by atoms with Gasteiger partial charge in [-0.25, -0.2) is 8.78 Å². The molecule has 0 aliphatic rings. The average molecular weight is 328 g/mol. The molecule has 1 aromatic heterocycles. The van der Waals surface area contributed by atoms with E-state index < -0.39 is 28.3 Å². The Balaban J connectivity index is 1.96. The molecule has 1 aromatic carbocycles. The molecule has 0 saturated carbocycles. The highest BCUT2D eigenvalue weighted by Crippen LogP contribution is 2.16. The second-order valence-corrected chi connectivity index (χ2v) is 6.16. The lowest BCUT2D eigenvalue weighted by molar-refractivity contribution is -0.113. The van der Waals surface area contributed by atoms with Crippen molar-refractivity contribution < 1.29 is 22.3 Å². The molecule has 0 fully saturated rings. The van der Waals surface area contributed by atoms with Crippen molar-refractivity contribution in [2.75, 3.05) is 11.1 Å². The number of hydrogen-bond donors (Lipinski definition) is 1. The normalized spacial score (nSPS) is 12.2. The monoisotopic (exact) mass is 328 g/mol. The number of hydrogen-bond acceptors (Lipinski definition) is 4. The van der Waals surface area contributed by atoms with Crippen molar-refractivity contribution in [1.82, 2.24) is 5.16 Å². The summed E-state index contributed by atoms with van der Waals surface area (Å²) in [7, 11) is -1.49. The number of rotatable bonds is 5. The molecule has 0 aliphatic carbocycles. The zero-order valence-corrected chi connectivity index (χ0v) is 12.8. The van der Waals surface area contributed by atoms with Gasteiger partial charge in [0, 0.05) is 22.4 Å². The molecule has 118 valence electrons. The summed E-state index contributed by atoms with van der Waals surface area (Å²) in [5.74, 6) is -1.87. The van der Waals surface area contributed by atoms with Gasteiger partial charge in [0.15, 0.2) is 0 Å². The fraction of sp³-hybridized carbons (Fsp3) is 0.286. The molecule has 0 spiro atoms. The Morgan fingerprint density at radius 3 is 2.68 bits per heavy atom. The molecule has 2 aromatic rings. The van der Waals surface area contributed by atoms with E-state index in [1.54, 1.807) is 13.8 Å². The first-order chi connectivity index (χ1) is 10.4. The number of carbonyl (C=O) groups is 1. The van der Waals surface area contributed by atoms with Gasteiger partial charge in [-0.15, -0.1) is 0 Å². The number of aryl methyl sites for hydroxylation is 2. The summed E-state index contributed by atoms with van der Waals surface area (Å²) in [5, 5.41) is 6.01. The summed E-state index contributed by atoms with van der Waals surface area (Å²) >= 11 is 0. The minimum absolute atomic E-state index is 0.125. The lowest BCUT2D eigenvalue weighted by Gasteiger charge is -2.06. The van der Waals surface area contributed by atoms with E-state index in [9.17, 15) is 17.8 Å². The molecule has 1 heterocycles. The Hall–Kier alpha value is -2.09. The van der Waals surface area contributed by atoms with Crippen LogP contribution in [0.5, 0.6) is 0 Å². The van der Waals surface area contributed by atoms with Gasteiger partial charge < -0.3 is 9.84 Å². The van der Waals surface area contributed by atoms with Crippen LogP contribution in [0.4, 0.5) is 14.5 Å². The maximum absolute atomic E-state index is 13.4. The van der Waals surface area contributed by atoms with Crippen molar-refractivity contribution in [3.05, 3.63) is 46.9 Å². The summed E-state index contributed by atoms with van der Waals surface area (Å²) < 4.78 is 43.1. The first kappa shape index (κ1) is 16.3. The third-order valence-corrected chi connectivity index (χ3v) is 4.18. The van der Waals surface area contributed by atoms with Gasteiger partial charge in [0.05, 0.1) is 17.1 Å². The number of aromatic nitrogens is 1. The molecule has 22 heavy (non-hydrogen) atoms. The minimum Gasteiger partial charge on any atom is -0.361 e. The van der Waals surface area contributed by atoms with Crippen LogP contribution in [0.15, 0.2) is 22.7 Å². The van der Waals surface area contributed by atoms with Gasteiger partial charge in [0.25, 0.3) is 0 Å². The van der Waals surface area contributed by atoms with Crippen molar-refractivity contribution >= 4 is 22.4 Å². The number of carbonyl (C=O) groups excluding carboxylic acids is 1. The topological polar surface area (TPSA) is 72.2 Å². The lowest BCUT2D eigenvalue weighted by Crippen LogP contribution is -2.21. The summed E-state index contributed by atoms with van der Waals surface area (Å²) in [6, 6.07) is 2.80. The molecule has 0 bridgehead atoms. The molecule has 2 rings (SSSR count). The van der Waals surface area contributed by atoms with Gasteiger partial charge in [0.1, 0.15) is 23.1 Å². The molecule has 8 heteroatoms. The van der Waals surface area contributed by atoms with Gasteiger partial charge >= 0.3 is 0 Å². The fourth-order valence-corrected chi connectivity index (χ4v) is 3.04. The van der Waals surface area contributed by atoms with E-state index in [0.717, 1.165) is 12.1 Å². The van der Waals surface area contributed by atoms with E-state index in [0.29, 0.717) is 23.1 Å². The quantitative estimate of drug-likeness (QED) is 0.915. The highest BCUT2D eigenvalue weighted by molar-refractivity contribution is 7.85. The lowest BCUT2D eigenvalue weighted by atomic mass is 10.2. The standard InChI is InChI=1S/C14H14F2N2O3S/c1-8-11(9(2)21-18-8)6-22(20)7-14(19)17-13-4-3-10(15)5-12(13)16/h3-5H,6-7H2,1-2H3,(H,17,19). The van der Waals surface area contributed by atoms with E-state index in [1.807, 2.05) is 0 Å². The van der Waals surface area contributed by atoms with Crippen LogP contribution in [-0.4, -0.2) is 21.0 Å². The highest BCUT2D eigenvalue weighted by Gasteiger charge is 2.16. The molecule has 0 aliphatic heterocycles. The van der Waals surface area contributed by atoms with Gasteiger partial charge in [-0.05, 0) is 26.0 Å². The van der Waals surface area contributed by atoms with Crippen molar-refractivity contribution in [1.29, 1.82) is 0 Å². The van der Waals surface area contributed by atoms with Crippen molar-refractivity contribution in [2.45, 2.75) is 19.6 Å². The summed E-state index contributed by atoms with van der Waals surface area (Å²) in [4.78, 5) is 11.8. The fourth-order valence-electron chi connectivity index (χ4n) is 1.84. The highest BCUT2D eigenvalue weighted by atomic mass is 32.2. The summed E-state index contributed by atoms with van der Waals surface area (Å²) in [6.45, 7) is 3.41. The maximum atomic E-state index is 13.4. The number of anilines is 1. The first-order valence-electron chi connectivity index (χ1n) is 6.38. The third kappa shape index (κ3) is 3.97. The Morgan fingerprint density at radius 2 is 2.09 bits per heavy atom. The van der Waals surface area contributed by atoms with Crippen LogP contribution in [0, 0.1) is 25.5 Å². The predicted molar refractivity (Wildman–Crippen MR) is 77.7 cm³/mol. The minimum atomic E-state index is -1.49. The van der Waals surface area contributed by atoms with E-state index in [2.05, 4.69) is 10.5 Å². The molecule has 1 unspecified atom stereocenters. The zero-order chi connectivity index (χ0) is 16.3. The average Bonchev–Trinajstić information content (AvgIpc) is 2.73. The molecule has 0 radical (unpaired) electrons. The Bertz CT molecular complexity index is 711. The van der Waals surface area contributed by atoms with Gasteiger partial charge in [-0.1, -0.05) is 5.16 Å². The molecule has 1 N–H and O–H groups in total. The first-order valence-corrected chi connectivity index (χ1v) is 7.87. The number of benzene rings is 1. The number of amides is 1. The summed E-state index contributed by atoms with van der Waals surface area (Å²) in [5.41, 5.74) is 1.16. The number of nitrogens with zero attached hydrogens (tertiary/aromatic N) is 1. The van der Waals surface area contributed by atoms with Gasteiger partial charge in [0.2, 0.25) is 5.91 Å². The molecule has 1 atom stereocenters. The van der Waals surface area contributed by atoms with Gasteiger partial charge in [-0.2, -0.15) is 0 Å². The second kappa shape index (κ2) is 6.78. The van der Waals surface area contributed by atoms with Crippen LogP contribution in [0.1, 0.15) is 17.0 Å². The Kier molecular flexibility index (Phi) is 5.02.